The molecule has 0 unspecified atom stereocenters. The summed E-state index contributed by atoms with van der Waals surface area (Å²) in [6.07, 6.45) is 0. The van der Waals surface area contributed by atoms with Crippen LogP contribution in [-0.2, 0) is 4.79 Å². The average Bonchev–Trinajstić information content (AvgIpc) is 2.47. The first kappa shape index (κ1) is 12.4. The van der Waals surface area contributed by atoms with Crippen molar-refractivity contribution < 1.29 is 14.3 Å². The molecule has 0 atom stereocenters. The van der Waals surface area contributed by atoms with E-state index in [1.165, 1.54) is 6.92 Å². The van der Waals surface area contributed by atoms with Crippen molar-refractivity contribution >= 4 is 23.1 Å². The summed E-state index contributed by atoms with van der Waals surface area (Å²) in [5, 5.41) is 0. The molecular weight excluding hydrogens is 254 g/mol. The highest BCUT2D eigenvalue weighted by Gasteiger charge is 2.26. The van der Waals surface area contributed by atoms with Crippen LogP contribution in [0.5, 0.6) is 5.75 Å². The lowest BCUT2D eigenvalue weighted by atomic mass is 10.1. The fourth-order valence-corrected chi connectivity index (χ4v) is 2.25. The molecule has 0 bridgehead atoms. The van der Waals surface area contributed by atoms with Gasteiger partial charge in [-0.25, -0.2) is 0 Å². The van der Waals surface area contributed by atoms with Gasteiger partial charge in [-0.05, 0) is 31.2 Å². The molecule has 1 amide bonds. The van der Waals surface area contributed by atoms with Gasteiger partial charge in [0, 0.05) is 11.3 Å². The Morgan fingerprint density at radius 3 is 2.75 bits per heavy atom. The average molecular weight is 267 g/mol. The molecular formula is C16H13NO3. The molecule has 2 aromatic carbocycles. The van der Waals surface area contributed by atoms with E-state index in [-0.39, 0.29) is 18.3 Å². The Balaban J connectivity index is 2.11. The second-order valence-corrected chi connectivity index (χ2v) is 4.59. The van der Waals surface area contributed by atoms with Crippen molar-refractivity contribution in [2.75, 3.05) is 11.5 Å². The van der Waals surface area contributed by atoms with E-state index >= 15 is 0 Å². The van der Waals surface area contributed by atoms with Gasteiger partial charge >= 0.3 is 0 Å². The molecule has 0 N–H and O–H groups in total. The summed E-state index contributed by atoms with van der Waals surface area (Å²) in [5.41, 5.74) is 1.96. The molecule has 0 aromatic heterocycles. The fraction of sp³-hybridized carbons (Fsp3) is 0.125. The second-order valence-electron chi connectivity index (χ2n) is 4.59. The Hall–Kier alpha value is -2.62. The molecule has 1 aliphatic rings. The minimum absolute atomic E-state index is 0.00130. The van der Waals surface area contributed by atoms with E-state index in [1.54, 1.807) is 23.1 Å². The number of rotatable bonds is 2. The normalized spacial score (nSPS) is 13.7. The van der Waals surface area contributed by atoms with E-state index in [0.717, 1.165) is 0 Å². The third-order valence-corrected chi connectivity index (χ3v) is 3.22. The maximum atomic E-state index is 12.2. The van der Waals surface area contributed by atoms with E-state index in [9.17, 15) is 9.59 Å². The van der Waals surface area contributed by atoms with Gasteiger partial charge in [0.2, 0.25) is 0 Å². The predicted molar refractivity (Wildman–Crippen MR) is 75.5 cm³/mol. The Morgan fingerprint density at radius 1 is 1.15 bits per heavy atom. The van der Waals surface area contributed by atoms with Crippen LogP contribution in [-0.4, -0.2) is 18.3 Å². The molecule has 1 aliphatic heterocycles. The molecule has 20 heavy (non-hydrogen) atoms. The SMILES string of the molecule is CC(=O)c1cccc(N2C(=O)COc3ccccc32)c1. The van der Waals surface area contributed by atoms with Gasteiger partial charge in [0.1, 0.15) is 5.75 Å². The van der Waals surface area contributed by atoms with Crippen LogP contribution in [0.15, 0.2) is 48.5 Å². The number of Topliss-reactive ketones (excluding diaryl/α,β-unsaturated/α-hetero) is 1. The largest absolute Gasteiger partial charge is 0.482 e. The first-order valence-corrected chi connectivity index (χ1v) is 6.32. The summed E-state index contributed by atoms with van der Waals surface area (Å²) >= 11 is 0. The fourth-order valence-electron chi connectivity index (χ4n) is 2.25. The molecule has 0 saturated carbocycles. The van der Waals surface area contributed by atoms with Crippen LogP contribution in [0.25, 0.3) is 0 Å². The molecule has 4 heteroatoms. The minimum Gasteiger partial charge on any atom is -0.482 e. The van der Waals surface area contributed by atoms with E-state index in [1.807, 2.05) is 30.3 Å². The minimum atomic E-state index is -0.149. The molecule has 3 rings (SSSR count). The summed E-state index contributed by atoms with van der Waals surface area (Å²) in [4.78, 5) is 25.2. The van der Waals surface area contributed by atoms with Crippen molar-refractivity contribution in [2.45, 2.75) is 6.92 Å². The third kappa shape index (κ3) is 2.05. The van der Waals surface area contributed by atoms with Crippen molar-refractivity contribution in [2.24, 2.45) is 0 Å². The Labute approximate surface area is 116 Å². The second kappa shape index (κ2) is 4.81. The number of anilines is 2. The van der Waals surface area contributed by atoms with Gasteiger partial charge in [0.25, 0.3) is 5.91 Å². The van der Waals surface area contributed by atoms with E-state index in [0.29, 0.717) is 22.7 Å². The smallest absolute Gasteiger partial charge is 0.269 e. The van der Waals surface area contributed by atoms with E-state index in [4.69, 9.17) is 4.74 Å². The lowest BCUT2D eigenvalue weighted by Crippen LogP contribution is -2.35. The van der Waals surface area contributed by atoms with Crippen LogP contribution in [0.3, 0.4) is 0 Å². The summed E-state index contributed by atoms with van der Waals surface area (Å²) in [6, 6.07) is 14.4. The monoisotopic (exact) mass is 267 g/mol. The number of hydrogen-bond donors (Lipinski definition) is 0. The Kier molecular flexibility index (Phi) is 2.99. The zero-order chi connectivity index (χ0) is 14.1. The van der Waals surface area contributed by atoms with Crippen LogP contribution in [0.1, 0.15) is 17.3 Å². The Bertz CT molecular complexity index is 694. The molecule has 2 aromatic rings. The molecule has 0 spiro atoms. The standard InChI is InChI=1S/C16H13NO3/c1-11(18)12-5-4-6-13(9-12)17-14-7-2-3-8-15(14)20-10-16(17)19/h2-9H,10H2,1H3. The summed E-state index contributed by atoms with van der Waals surface area (Å²) < 4.78 is 5.41. The van der Waals surface area contributed by atoms with Crippen LogP contribution in [0, 0.1) is 0 Å². The summed E-state index contributed by atoms with van der Waals surface area (Å²) in [7, 11) is 0. The molecule has 100 valence electrons. The summed E-state index contributed by atoms with van der Waals surface area (Å²) in [6.45, 7) is 1.51. The van der Waals surface area contributed by atoms with Crippen molar-refractivity contribution in [1.82, 2.24) is 0 Å². The molecule has 1 heterocycles. The number of benzene rings is 2. The van der Waals surface area contributed by atoms with Gasteiger partial charge in [-0.15, -0.1) is 0 Å². The van der Waals surface area contributed by atoms with E-state index in [2.05, 4.69) is 0 Å². The van der Waals surface area contributed by atoms with Gasteiger partial charge in [0.05, 0.1) is 5.69 Å². The topological polar surface area (TPSA) is 46.6 Å². The van der Waals surface area contributed by atoms with Crippen LogP contribution in [0.4, 0.5) is 11.4 Å². The number of carbonyl (C=O) groups excluding carboxylic acids is 2. The van der Waals surface area contributed by atoms with Crippen LogP contribution < -0.4 is 9.64 Å². The van der Waals surface area contributed by atoms with E-state index < -0.39 is 0 Å². The number of nitrogens with zero attached hydrogens (tertiary/aromatic N) is 1. The van der Waals surface area contributed by atoms with Crippen molar-refractivity contribution in [3.05, 3.63) is 54.1 Å². The highest BCUT2D eigenvalue weighted by Crippen LogP contribution is 2.36. The number of para-hydroxylation sites is 2. The summed E-state index contributed by atoms with van der Waals surface area (Å²) in [5.74, 6) is 0.491. The number of ether oxygens (including phenoxy) is 1. The highest BCUT2D eigenvalue weighted by molar-refractivity contribution is 6.05. The first-order valence-electron chi connectivity index (χ1n) is 6.32. The zero-order valence-electron chi connectivity index (χ0n) is 11.0. The lowest BCUT2D eigenvalue weighted by molar-refractivity contribution is -0.120. The van der Waals surface area contributed by atoms with Crippen LogP contribution >= 0.6 is 0 Å². The Morgan fingerprint density at radius 2 is 1.95 bits per heavy atom. The highest BCUT2D eigenvalue weighted by atomic mass is 16.5. The maximum Gasteiger partial charge on any atom is 0.269 e. The third-order valence-electron chi connectivity index (χ3n) is 3.22. The van der Waals surface area contributed by atoms with Gasteiger partial charge in [0.15, 0.2) is 12.4 Å². The molecule has 4 nitrogen and oxygen atoms in total. The lowest BCUT2D eigenvalue weighted by Gasteiger charge is -2.29. The molecule has 0 aliphatic carbocycles. The number of carbonyl (C=O) groups is 2. The quantitative estimate of drug-likeness (QED) is 0.786. The van der Waals surface area contributed by atoms with Crippen molar-refractivity contribution in [1.29, 1.82) is 0 Å². The molecule has 0 radical (unpaired) electrons. The maximum absolute atomic E-state index is 12.2. The predicted octanol–water partition coefficient (Wildman–Crippen LogP) is 2.95. The van der Waals surface area contributed by atoms with Gasteiger partial charge in [-0.2, -0.15) is 0 Å². The van der Waals surface area contributed by atoms with Crippen LogP contribution in [0.2, 0.25) is 0 Å². The van der Waals surface area contributed by atoms with Gasteiger partial charge in [-0.1, -0.05) is 24.3 Å². The number of fused-ring (bicyclic) bond motifs is 1. The van der Waals surface area contributed by atoms with Gasteiger partial charge in [-0.3, -0.25) is 14.5 Å². The van der Waals surface area contributed by atoms with Crippen molar-refractivity contribution in [3.8, 4) is 5.75 Å². The molecule has 0 saturated heterocycles. The first-order chi connectivity index (χ1) is 9.66. The molecule has 0 fully saturated rings. The number of hydrogen-bond acceptors (Lipinski definition) is 3. The number of amides is 1. The van der Waals surface area contributed by atoms with Gasteiger partial charge < -0.3 is 4.74 Å². The number of ketones is 1. The zero-order valence-corrected chi connectivity index (χ0v) is 11.0. The van der Waals surface area contributed by atoms with Crippen molar-refractivity contribution in [3.63, 3.8) is 0 Å².